The fourth-order valence-corrected chi connectivity index (χ4v) is 21.3. The molecule has 112 heavy (non-hydrogen) atoms. The summed E-state index contributed by atoms with van der Waals surface area (Å²) < 4.78 is 19.1. The highest BCUT2D eigenvalue weighted by Crippen LogP contribution is 2.59. The smallest absolute Gasteiger partial charge is 0.143 e. The molecule has 4 aliphatic rings. The molecule has 4 nitrogen and oxygen atoms in total. The summed E-state index contributed by atoms with van der Waals surface area (Å²) in [5.41, 5.74) is 42.9. The zero-order valence-electron chi connectivity index (χ0n) is 63.7. The van der Waals surface area contributed by atoms with Crippen molar-refractivity contribution in [2.75, 3.05) is 0 Å². The van der Waals surface area contributed by atoms with Gasteiger partial charge >= 0.3 is 0 Å². The standard InChI is InChI=1S/C108H76N2O2/c1-105(2)89-31-17-14-24-78(89)99-90(105)49-47-76-75-27-19-26-72(102(75)112-104(76)99)65-38-34-63(35-39-65)66-42-51-95-82(54-66)84-57-80-73-22-12-16-30-88(73)107(5,6)93(80)60-97(84)110(95)70-45-40-62(41-46-70)61-32-36-64(37-33-61)71-25-18-28-79-100-91(108(7,8)101(71)79)50-48-77-86-56-68(44-53-98(86)111-103(77)100)67-43-52-94-83(55-67)85-58-81-74-23-13-15-29-87(74)106(3,4)92(81)59-96(85)109(94)69-20-10-9-11-21-69/h9-60H,1-8H3. The van der Waals surface area contributed by atoms with Gasteiger partial charge in [-0.3, -0.25) is 0 Å². The Labute approximate surface area is 649 Å². The first-order valence-electron chi connectivity index (χ1n) is 39.6. The van der Waals surface area contributed by atoms with Crippen LogP contribution in [-0.4, -0.2) is 9.13 Å². The summed E-state index contributed by atoms with van der Waals surface area (Å²) in [5, 5.41) is 9.55. The van der Waals surface area contributed by atoms with Gasteiger partial charge in [0.2, 0.25) is 0 Å². The Morgan fingerprint density at radius 1 is 0.205 bits per heavy atom. The largest absolute Gasteiger partial charge is 0.455 e. The van der Waals surface area contributed by atoms with Crippen molar-refractivity contribution in [1.82, 2.24) is 9.13 Å². The lowest BCUT2D eigenvalue weighted by Gasteiger charge is -2.24. The molecule has 0 unspecified atom stereocenters. The van der Waals surface area contributed by atoms with Crippen LogP contribution in [0.15, 0.2) is 324 Å². The molecule has 0 spiro atoms. The summed E-state index contributed by atoms with van der Waals surface area (Å²) in [7, 11) is 0. The Balaban J connectivity index is 0.553. The Morgan fingerprint density at radius 3 is 1.21 bits per heavy atom. The number of furan rings is 2. The van der Waals surface area contributed by atoms with Gasteiger partial charge in [0.1, 0.15) is 22.3 Å². The molecule has 530 valence electrons. The zero-order valence-corrected chi connectivity index (χ0v) is 63.7. The maximum Gasteiger partial charge on any atom is 0.143 e. The lowest BCUT2D eigenvalue weighted by atomic mass is 9.78. The van der Waals surface area contributed by atoms with Crippen LogP contribution >= 0.6 is 0 Å². The van der Waals surface area contributed by atoms with Crippen LogP contribution in [0.3, 0.4) is 0 Å². The van der Waals surface area contributed by atoms with Gasteiger partial charge < -0.3 is 18.0 Å². The van der Waals surface area contributed by atoms with Gasteiger partial charge in [0, 0.05) is 92.8 Å². The molecule has 0 aliphatic heterocycles. The molecule has 0 saturated carbocycles. The quantitative estimate of drug-likeness (QED) is 0.159. The highest BCUT2D eigenvalue weighted by Gasteiger charge is 2.43. The van der Waals surface area contributed by atoms with Crippen LogP contribution in [0, 0.1) is 0 Å². The molecule has 4 heterocycles. The first kappa shape index (κ1) is 63.6. The summed E-state index contributed by atoms with van der Waals surface area (Å²) in [5.74, 6) is 0. The maximum atomic E-state index is 7.09. The van der Waals surface area contributed by atoms with Crippen molar-refractivity contribution in [3.63, 3.8) is 0 Å². The average Bonchev–Trinajstić information content (AvgIpc) is 1.58. The fraction of sp³-hybridized carbons (Fsp3) is 0.111. The number of hydrogen-bond acceptors (Lipinski definition) is 2. The van der Waals surface area contributed by atoms with Crippen LogP contribution in [-0.2, 0) is 21.7 Å². The molecule has 0 bridgehead atoms. The molecule has 0 saturated heterocycles. The number of aromatic nitrogens is 2. The third-order valence-corrected chi connectivity index (χ3v) is 27.0. The number of para-hydroxylation sites is 2. The Bertz CT molecular complexity index is 7570. The molecular weight excluding hydrogens is 1360 g/mol. The number of nitrogens with zero attached hydrogens (tertiary/aromatic N) is 2. The van der Waals surface area contributed by atoms with Crippen LogP contribution in [0.2, 0.25) is 0 Å². The molecule has 0 amide bonds. The second-order valence-corrected chi connectivity index (χ2v) is 34.2. The molecule has 0 fully saturated rings. The van der Waals surface area contributed by atoms with Gasteiger partial charge in [0.15, 0.2) is 0 Å². The van der Waals surface area contributed by atoms with E-state index in [2.05, 4.69) is 380 Å². The molecule has 4 aromatic heterocycles. The number of hydrogen-bond donors (Lipinski definition) is 0. The van der Waals surface area contributed by atoms with Gasteiger partial charge in [-0.25, -0.2) is 0 Å². The molecule has 16 aromatic carbocycles. The van der Waals surface area contributed by atoms with Crippen molar-refractivity contribution in [3.05, 3.63) is 360 Å². The highest BCUT2D eigenvalue weighted by molar-refractivity contribution is 6.18. The van der Waals surface area contributed by atoms with Crippen LogP contribution in [0.5, 0.6) is 0 Å². The van der Waals surface area contributed by atoms with Crippen molar-refractivity contribution in [3.8, 4) is 112 Å². The molecule has 20 aromatic rings. The monoisotopic (exact) mass is 1430 g/mol. The molecule has 24 rings (SSSR count). The average molecular weight is 1430 g/mol. The summed E-state index contributed by atoms with van der Waals surface area (Å²) in [4.78, 5) is 0. The van der Waals surface area contributed by atoms with Crippen molar-refractivity contribution in [2.24, 2.45) is 0 Å². The topological polar surface area (TPSA) is 36.1 Å². The second kappa shape index (κ2) is 22.2. The highest BCUT2D eigenvalue weighted by atomic mass is 16.3. The Kier molecular flexibility index (Phi) is 12.6. The van der Waals surface area contributed by atoms with E-state index in [1.165, 1.54) is 172 Å². The van der Waals surface area contributed by atoms with Gasteiger partial charge in [0.25, 0.3) is 0 Å². The number of benzene rings is 16. The molecule has 4 aliphatic carbocycles. The van der Waals surface area contributed by atoms with E-state index in [-0.39, 0.29) is 21.7 Å². The van der Waals surface area contributed by atoms with Gasteiger partial charge in [-0.05, 0) is 213 Å². The van der Waals surface area contributed by atoms with E-state index < -0.39 is 0 Å². The molecule has 0 N–H and O–H groups in total. The summed E-state index contributed by atoms with van der Waals surface area (Å²) in [6.45, 7) is 18.9. The SMILES string of the molecule is CC1(C)c2ccccc2-c2cc3c4cc(-c5ccc(-c6cccc7c6oc6c8c(ccc67)C(C)(C)c6ccccc6-8)cc5)ccc4n(-c4ccc(-c5ccc(-c6cccc7c6C(C)(C)c6ccc8c(oc9ccc(-c%10ccc%11c(c%10)c%10cc%12c(cc%10n%11-c%10ccccc%10)C(C)(C)c%10ccccc%10-%12)cc98)c6-7)cc5)cc4)c3cc21. The minimum Gasteiger partial charge on any atom is -0.455 e. The molecule has 4 heteroatoms. The lowest BCUT2D eigenvalue weighted by molar-refractivity contribution is 0.653. The fourth-order valence-electron chi connectivity index (χ4n) is 21.3. The minimum absolute atomic E-state index is 0.104. The van der Waals surface area contributed by atoms with Crippen LogP contribution < -0.4 is 0 Å². The number of rotatable bonds is 7. The minimum atomic E-state index is -0.290. The van der Waals surface area contributed by atoms with Crippen molar-refractivity contribution in [1.29, 1.82) is 0 Å². The molecule has 0 radical (unpaired) electrons. The van der Waals surface area contributed by atoms with Crippen LogP contribution in [0.4, 0.5) is 0 Å². The second-order valence-electron chi connectivity index (χ2n) is 34.2. The first-order chi connectivity index (χ1) is 54.5. The third-order valence-electron chi connectivity index (χ3n) is 27.0. The summed E-state index contributed by atoms with van der Waals surface area (Å²) in [6, 6.07) is 119. The predicted octanol–water partition coefficient (Wildman–Crippen LogP) is 29.2. The normalized spacial score (nSPS) is 14.9. The summed E-state index contributed by atoms with van der Waals surface area (Å²) >= 11 is 0. The van der Waals surface area contributed by atoms with Crippen LogP contribution in [0.25, 0.3) is 199 Å². The van der Waals surface area contributed by atoms with Crippen molar-refractivity contribution < 1.29 is 8.83 Å². The van der Waals surface area contributed by atoms with E-state index in [1.54, 1.807) is 0 Å². The van der Waals surface area contributed by atoms with Crippen molar-refractivity contribution in [2.45, 2.75) is 77.0 Å². The zero-order chi connectivity index (χ0) is 74.7. The predicted molar refractivity (Wildman–Crippen MR) is 467 cm³/mol. The van der Waals surface area contributed by atoms with E-state index in [9.17, 15) is 0 Å². The van der Waals surface area contributed by atoms with E-state index >= 15 is 0 Å². The van der Waals surface area contributed by atoms with E-state index in [1.807, 2.05) is 0 Å². The van der Waals surface area contributed by atoms with Crippen LogP contribution in [0.1, 0.15) is 99.9 Å². The van der Waals surface area contributed by atoms with Gasteiger partial charge in [-0.1, -0.05) is 286 Å². The van der Waals surface area contributed by atoms with Crippen molar-refractivity contribution >= 4 is 87.5 Å². The molecule has 0 atom stereocenters. The maximum absolute atomic E-state index is 7.09. The van der Waals surface area contributed by atoms with E-state index in [4.69, 9.17) is 8.83 Å². The van der Waals surface area contributed by atoms with E-state index in [0.29, 0.717) is 0 Å². The van der Waals surface area contributed by atoms with E-state index in [0.717, 1.165) is 71.9 Å². The van der Waals surface area contributed by atoms with Gasteiger partial charge in [-0.2, -0.15) is 0 Å². The van der Waals surface area contributed by atoms with Gasteiger partial charge in [0.05, 0.1) is 22.1 Å². The Hall–Kier alpha value is -13.3. The lowest BCUT2D eigenvalue weighted by Crippen LogP contribution is -2.16. The molecular formula is C108H76N2O2. The number of fused-ring (bicyclic) bond motifs is 26. The summed E-state index contributed by atoms with van der Waals surface area (Å²) in [6.07, 6.45) is 0. The van der Waals surface area contributed by atoms with Gasteiger partial charge in [-0.15, -0.1) is 0 Å². The third kappa shape index (κ3) is 8.51. The Morgan fingerprint density at radius 2 is 0.598 bits per heavy atom. The first-order valence-corrected chi connectivity index (χ1v) is 39.6.